The molecule has 0 radical (unpaired) electrons. The summed E-state index contributed by atoms with van der Waals surface area (Å²) in [6.07, 6.45) is 1.16. The van der Waals surface area contributed by atoms with Crippen molar-refractivity contribution in [1.29, 1.82) is 0 Å². The van der Waals surface area contributed by atoms with E-state index in [1.807, 2.05) is 12.1 Å². The number of hydrogen-bond acceptors (Lipinski definition) is 2. The first-order valence-electron chi connectivity index (χ1n) is 7.82. The lowest BCUT2D eigenvalue weighted by Gasteiger charge is -2.19. The normalized spacial score (nSPS) is 12.4. The molecule has 0 aliphatic rings. The van der Waals surface area contributed by atoms with Crippen LogP contribution in [0.3, 0.4) is 0 Å². The molecule has 0 saturated carbocycles. The van der Waals surface area contributed by atoms with E-state index in [9.17, 15) is 17.2 Å². The van der Waals surface area contributed by atoms with Crippen molar-refractivity contribution in [3.63, 3.8) is 0 Å². The first kappa shape index (κ1) is 18.6. The fourth-order valence-electron chi connectivity index (χ4n) is 2.28. The molecule has 0 unspecified atom stereocenters. The van der Waals surface area contributed by atoms with Crippen molar-refractivity contribution in [3.8, 4) is 0 Å². The van der Waals surface area contributed by atoms with Crippen LogP contribution in [0.1, 0.15) is 37.5 Å². The van der Waals surface area contributed by atoms with Crippen LogP contribution in [-0.4, -0.2) is 13.2 Å². The van der Waals surface area contributed by atoms with Crippen LogP contribution >= 0.6 is 0 Å². The van der Waals surface area contributed by atoms with Gasteiger partial charge in [-0.1, -0.05) is 24.3 Å². The Bertz CT molecular complexity index is 784. The number of sulfone groups is 1. The Kier molecular flexibility index (Phi) is 5.43. The first-order chi connectivity index (χ1) is 11.1. The minimum Gasteiger partial charge on any atom is -0.228 e. The summed E-state index contributed by atoms with van der Waals surface area (Å²) in [4.78, 5) is 0. The third-order valence-corrected chi connectivity index (χ3v) is 6.52. The SMILES string of the molecule is CC(C)(C)S(=O)(=O)Cc1ccc(CCc2cc(F)cc(F)c2)cc1. The maximum Gasteiger partial charge on any atom is 0.159 e. The summed E-state index contributed by atoms with van der Waals surface area (Å²) in [5.41, 5.74) is 2.34. The van der Waals surface area contributed by atoms with Gasteiger partial charge in [0.15, 0.2) is 9.84 Å². The van der Waals surface area contributed by atoms with Crippen LogP contribution in [0.2, 0.25) is 0 Å². The van der Waals surface area contributed by atoms with Gasteiger partial charge in [0.25, 0.3) is 0 Å². The smallest absolute Gasteiger partial charge is 0.159 e. The maximum atomic E-state index is 13.2. The maximum absolute atomic E-state index is 13.2. The van der Waals surface area contributed by atoms with E-state index in [4.69, 9.17) is 0 Å². The molecule has 0 aliphatic carbocycles. The summed E-state index contributed by atoms with van der Waals surface area (Å²) in [7, 11) is -3.21. The van der Waals surface area contributed by atoms with E-state index < -0.39 is 26.2 Å². The van der Waals surface area contributed by atoms with E-state index in [0.29, 0.717) is 18.4 Å². The van der Waals surface area contributed by atoms with Gasteiger partial charge in [-0.3, -0.25) is 0 Å². The molecular formula is C19H22F2O2S. The van der Waals surface area contributed by atoms with E-state index >= 15 is 0 Å². The lowest BCUT2D eigenvalue weighted by molar-refractivity contribution is 0.559. The van der Waals surface area contributed by atoms with E-state index in [2.05, 4.69) is 0 Å². The zero-order chi connectivity index (χ0) is 18.0. The highest BCUT2D eigenvalue weighted by molar-refractivity contribution is 7.91. The summed E-state index contributed by atoms with van der Waals surface area (Å²) in [6.45, 7) is 5.07. The molecule has 0 saturated heterocycles. The van der Waals surface area contributed by atoms with Crippen molar-refractivity contribution in [1.82, 2.24) is 0 Å². The highest BCUT2D eigenvalue weighted by atomic mass is 32.2. The second-order valence-electron chi connectivity index (χ2n) is 6.97. The third kappa shape index (κ3) is 4.87. The fraction of sp³-hybridized carbons (Fsp3) is 0.368. The van der Waals surface area contributed by atoms with E-state index in [0.717, 1.165) is 17.2 Å². The Morgan fingerprint density at radius 2 is 1.25 bits per heavy atom. The molecular weight excluding hydrogens is 330 g/mol. The predicted molar refractivity (Wildman–Crippen MR) is 92.6 cm³/mol. The quantitative estimate of drug-likeness (QED) is 0.796. The van der Waals surface area contributed by atoms with Crippen molar-refractivity contribution in [2.24, 2.45) is 0 Å². The van der Waals surface area contributed by atoms with Crippen LogP contribution in [0.4, 0.5) is 8.78 Å². The molecule has 5 heteroatoms. The molecule has 0 amide bonds. The largest absolute Gasteiger partial charge is 0.228 e. The Hall–Kier alpha value is -1.75. The third-order valence-electron chi connectivity index (χ3n) is 3.94. The van der Waals surface area contributed by atoms with Gasteiger partial charge in [-0.25, -0.2) is 17.2 Å². The molecule has 0 N–H and O–H groups in total. The summed E-state index contributed by atoms with van der Waals surface area (Å²) in [5.74, 6) is -1.15. The van der Waals surface area contributed by atoms with Crippen LogP contribution in [-0.2, 0) is 28.4 Å². The number of rotatable bonds is 5. The number of benzene rings is 2. The molecule has 24 heavy (non-hydrogen) atoms. The fourth-order valence-corrected chi connectivity index (χ4v) is 3.35. The average molecular weight is 352 g/mol. The predicted octanol–water partition coefficient (Wildman–Crippen LogP) is 4.46. The van der Waals surface area contributed by atoms with Gasteiger partial charge in [-0.15, -0.1) is 0 Å². The molecule has 0 spiro atoms. The minimum absolute atomic E-state index is 0.00584. The van der Waals surface area contributed by atoms with Crippen LogP contribution < -0.4 is 0 Å². The molecule has 0 atom stereocenters. The molecule has 0 aliphatic heterocycles. The van der Waals surface area contributed by atoms with Crippen LogP contribution in [0.15, 0.2) is 42.5 Å². The van der Waals surface area contributed by atoms with E-state index in [-0.39, 0.29) is 5.75 Å². The Balaban J connectivity index is 2.02. The summed E-state index contributed by atoms with van der Waals surface area (Å²) < 4.78 is 50.0. The first-order valence-corrected chi connectivity index (χ1v) is 9.47. The van der Waals surface area contributed by atoms with Crippen LogP contribution in [0, 0.1) is 11.6 Å². The molecule has 0 aromatic heterocycles. The van der Waals surface area contributed by atoms with Crippen molar-refractivity contribution in [2.75, 3.05) is 0 Å². The monoisotopic (exact) mass is 352 g/mol. The van der Waals surface area contributed by atoms with Gasteiger partial charge in [0, 0.05) is 6.07 Å². The van der Waals surface area contributed by atoms with E-state index in [1.165, 1.54) is 12.1 Å². The highest BCUT2D eigenvalue weighted by Crippen LogP contribution is 2.21. The molecule has 0 heterocycles. The number of hydrogen-bond donors (Lipinski definition) is 0. The standard InChI is InChI=1S/C19H22F2O2S/c1-19(2,3)24(22,23)13-15-7-4-14(5-8-15)6-9-16-10-17(20)12-18(21)11-16/h4-5,7-8,10-12H,6,9,13H2,1-3H3. The topological polar surface area (TPSA) is 34.1 Å². The van der Waals surface area contributed by atoms with Crippen LogP contribution in [0.5, 0.6) is 0 Å². The second kappa shape index (κ2) is 7.01. The lowest BCUT2D eigenvalue weighted by atomic mass is 10.0. The van der Waals surface area contributed by atoms with Gasteiger partial charge in [0.05, 0.1) is 10.5 Å². The average Bonchev–Trinajstić information content (AvgIpc) is 2.44. The van der Waals surface area contributed by atoms with Crippen molar-refractivity contribution in [2.45, 2.75) is 44.1 Å². The zero-order valence-electron chi connectivity index (χ0n) is 14.1. The Labute approximate surface area is 142 Å². The van der Waals surface area contributed by atoms with Gasteiger partial charge < -0.3 is 0 Å². The van der Waals surface area contributed by atoms with Gasteiger partial charge in [-0.05, 0) is 62.4 Å². The van der Waals surface area contributed by atoms with Gasteiger partial charge >= 0.3 is 0 Å². The lowest BCUT2D eigenvalue weighted by Crippen LogP contribution is -2.29. The van der Waals surface area contributed by atoms with Gasteiger partial charge in [0.1, 0.15) is 11.6 Å². The molecule has 130 valence electrons. The molecule has 2 nitrogen and oxygen atoms in total. The number of aryl methyl sites for hydroxylation is 2. The zero-order valence-corrected chi connectivity index (χ0v) is 15.0. The molecule has 2 aromatic rings. The molecule has 2 aromatic carbocycles. The number of halogens is 2. The van der Waals surface area contributed by atoms with Gasteiger partial charge in [0.2, 0.25) is 0 Å². The van der Waals surface area contributed by atoms with Crippen molar-refractivity contribution < 1.29 is 17.2 Å². The molecule has 0 bridgehead atoms. The molecule has 2 rings (SSSR count). The highest BCUT2D eigenvalue weighted by Gasteiger charge is 2.28. The Morgan fingerprint density at radius 3 is 1.75 bits per heavy atom. The molecule has 0 fully saturated rings. The minimum atomic E-state index is -3.21. The summed E-state index contributed by atoms with van der Waals surface area (Å²) in [5, 5.41) is 0. The van der Waals surface area contributed by atoms with Crippen molar-refractivity contribution >= 4 is 9.84 Å². The Morgan fingerprint density at radius 1 is 0.792 bits per heavy atom. The van der Waals surface area contributed by atoms with Crippen molar-refractivity contribution in [3.05, 3.63) is 70.8 Å². The summed E-state index contributed by atoms with van der Waals surface area (Å²) in [6, 6.07) is 10.8. The summed E-state index contributed by atoms with van der Waals surface area (Å²) >= 11 is 0. The van der Waals surface area contributed by atoms with Gasteiger partial charge in [-0.2, -0.15) is 0 Å². The second-order valence-corrected chi connectivity index (χ2v) is 9.71. The van der Waals surface area contributed by atoms with E-state index in [1.54, 1.807) is 32.9 Å². The van der Waals surface area contributed by atoms with Crippen LogP contribution in [0.25, 0.3) is 0 Å².